The van der Waals surface area contributed by atoms with Crippen molar-refractivity contribution >= 4 is 15.9 Å². The fourth-order valence-electron chi connectivity index (χ4n) is 2.08. The summed E-state index contributed by atoms with van der Waals surface area (Å²) in [6, 6.07) is -0.174. The van der Waals surface area contributed by atoms with Gasteiger partial charge in [0.05, 0.1) is 19.4 Å². The van der Waals surface area contributed by atoms with E-state index in [9.17, 15) is 13.2 Å². The Bertz CT molecular complexity index is 385. The number of piperidine rings is 1. The number of methoxy groups -OCH3 is 1. The van der Waals surface area contributed by atoms with E-state index in [0.717, 1.165) is 19.1 Å². The first-order valence-corrected chi connectivity index (χ1v) is 8.26. The number of carbonyl (C=O) groups is 1. The van der Waals surface area contributed by atoms with Gasteiger partial charge >= 0.3 is 0 Å². The Labute approximate surface area is 114 Å². The van der Waals surface area contributed by atoms with Crippen LogP contribution in [0, 0.1) is 0 Å². The van der Waals surface area contributed by atoms with Crippen molar-refractivity contribution < 1.29 is 17.9 Å². The zero-order chi connectivity index (χ0) is 14.3. The van der Waals surface area contributed by atoms with Crippen LogP contribution in [0.15, 0.2) is 0 Å². The first kappa shape index (κ1) is 16.4. The van der Waals surface area contributed by atoms with Crippen molar-refractivity contribution in [3.8, 4) is 0 Å². The zero-order valence-corrected chi connectivity index (χ0v) is 12.3. The standard InChI is InChI=1S/C11H23N3O4S/c1-18-7-5-12-8-11(15)14-6-3-4-10(9-14)13-19(2,16)17/h10,12-13H,3-9H2,1-2H3. The largest absolute Gasteiger partial charge is 0.383 e. The van der Waals surface area contributed by atoms with Crippen molar-refractivity contribution in [3.63, 3.8) is 0 Å². The van der Waals surface area contributed by atoms with E-state index in [1.165, 1.54) is 0 Å². The van der Waals surface area contributed by atoms with Gasteiger partial charge in [0.15, 0.2) is 0 Å². The molecule has 1 saturated heterocycles. The van der Waals surface area contributed by atoms with Crippen LogP contribution in [0.2, 0.25) is 0 Å². The van der Waals surface area contributed by atoms with Crippen LogP contribution in [-0.4, -0.2) is 71.4 Å². The van der Waals surface area contributed by atoms with Crippen molar-refractivity contribution in [1.82, 2.24) is 14.9 Å². The summed E-state index contributed by atoms with van der Waals surface area (Å²) in [5.74, 6) is -0.00361. The highest BCUT2D eigenvalue weighted by Crippen LogP contribution is 2.10. The lowest BCUT2D eigenvalue weighted by Gasteiger charge is -2.32. The van der Waals surface area contributed by atoms with Crippen LogP contribution in [0.4, 0.5) is 0 Å². The summed E-state index contributed by atoms with van der Waals surface area (Å²) in [4.78, 5) is 13.6. The molecule has 1 aliphatic rings. The minimum atomic E-state index is -3.22. The molecule has 1 unspecified atom stereocenters. The lowest BCUT2D eigenvalue weighted by molar-refractivity contribution is -0.131. The Morgan fingerprint density at radius 1 is 1.47 bits per heavy atom. The smallest absolute Gasteiger partial charge is 0.236 e. The van der Waals surface area contributed by atoms with E-state index < -0.39 is 10.0 Å². The molecule has 0 spiro atoms. The van der Waals surface area contributed by atoms with Crippen LogP contribution in [0.25, 0.3) is 0 Å². The molecule has 0 radical (unpaired) electrons. The van der Waals surface area contributed by atoms with Gasteiger partial charge in [0.1, 0.15) is 0 Å². The molecule has 19 heavy (non-hydrogen) atoms. The third kappa shape index (κ3) is 6.86. The molecule has 1 fully saturated rings. The van der Waals surface area contributed by atoms with Gasteiger partial charge in [-0.1, -0.05) is 0 Å². The molecule has 0 bridgehead atoms. The van der Waals surface area contributed by atoms with E-state index in [-0.39, 0.29) is 18.5 Å². The molecule has 1 atom stereocenters. The zero-order valence-electron chi connectivity index (χ0n) is 11.5. The summed E-state index contributed by atoms with van der Waals surface area (Å²) in [5, 5.41) is 2.99. The highest BCUT2D eigenvalue weighted by atomic mass is 32.2. The third-order valence-electron chi connectivity index (χ3n) is 2.91. The highest BCUT2D eigenvalue weighted by molar-refractivity contribution is 7.88. The molecule has 112 valence electrons. The van der Waals surface area contributed by atoms with Crippen LogP contribution in [0.3, 0.4) is 0 Å². The van der Waals surface area contributed by atoms with Crippen molar-refractivity contribution in [3.05, 3.63) is 0 Å². The first-order valence-electron chi connectivity index (χ1n) is 6.37. The highest BCUT2D eigenvalue weighted by Gasteiger charge is 2.24. The number of sulfonamides is 1. The fourth-order valence-corrected chi connectivity index (χ4v) is 2.88. The summed E-state index contributed by atoms with van der Waals surface area (Å²) in [7, 11) is -1.61. The van der Waals surface area contributed by atoms with Crippen LogP contribution in [0.1, 0.15) is 12.8 Å². The van der Waals surface area contributed by atoms with E-state index in [4.69, 9.17) is 4.74 Å². The summed E-state index contributed by atoms with van der Waals surface area (Å²) in [6.07, 6.45) is 2.73. The second-order valence-corrected chi connectivity index (χ2v) is 6.52. The van der Waals surface area contributed by atoms with Crippen LogP contribution in [0.5, 0.6) is 0 Å². The number of nitrogens with one attached hydrogen (secondary N) is 2. The van der Waals surface area contributed by atoms with Crippen LogP contribution >= 0.6 is 0 Å². The lowest BCUT2D eigenvalue weighted by atomic mass is 10.1. The molecule has 0 aromatic rings. The maximum absolute atomic E-state index is 11.9. The van der Waals surface area contributed by atoms with Crippen LogP contribution in [-0.2, 0) is 19.6 Å². The second-order valence-electron chi connectivity index (χ2n) is 4.74. The molecule has 0 aromatic carbocycles. The number of amides is 1. The molecule has 1 aliphatic heterocycles. The number of ether oxygens (including phenoxy) is 1. The van der Waals surface area contributed by atoms with Gasteiger partial charge in [-0.25, -0.2) is 13.1 Å². The molecular formula is C11H23N3O4S. The number of nitrogens with zero attached hydrogens (tertiary/aromatic N) is 1. The van der Waals surface area contributed by atoms with Gasteiger partial charge < -0.3 is 15.0 Å². The molecule has 7 nitrogen and oxygen atoms in total. The van der Waals surface area contributed by atoms with E-state index >= 15 is 0 Å². The minimum Gasteiger partial charge on any atom is -0.383 e. The maximum atomic E-state index is 11.9. The van der Waals surface area contributed by atoms with E-state index in [0.29, 0.717) is 26.2 Å². The van der Waals surface area contributed by atoms with Gasteiger partial charge in [0, 0.05) is 32.8 Å². The lowest BCUT2D eigenvalue weighted by Crippen LogP contribution is -2.51. The van der Waals surface area contributed by atoms with Crippen molar-refractivity contribution in [2.24, 2.45) is 0 Å². The molecule has 0 aliphatic carbocycles. The van der Waals surface area contributed by atoms with Crippen molar-refractivity contribution in [1.29, 1.82) is 0 Å². The maximum Gasteiger partial charge on any atom is 0.236 e. The van der Waals surface area contributed by atoms with E-state index in [1.54, 1.807) is 12.0 Å². The Hall–Kier alpha value is -0.700. The Morgan fingerprint density at radius 3 is 2.84 bits per heavy atom. The number of hydrogen-bond acceptors (Lipinski definition) is 5. The average molecular weight is 293 g/mol. The predicted molar refractivity (Wildman–Crippen MR) is 72.3 cm³/mol. The van der Waals surface area contributed by atoms with Gasteiger partial charge in [-0.2, -0.15) is 0 Å². The predicted octanol–water partition coefficient (Wildman–Crippen LogP) is -1.24. The van der Waals surface area contributed by atoms with E-state index in [2.05, 4.69) is 10.0 Å². The first-order chi connectivity index (χ1) is 8.92. The normalized spacial score (nSPS) is 20.5. The molecule has 1 amide bonds. The summed E-state index contributed by atoms with van der Waals surface area (Å²) in [6.45, 7) is 2.58. The molecule has 0 aromatic heterocycles. The SMILES string of the molecule is COCCNCC(=O)N1CCCC(NS(C)(=O)=O)C1. The molecule has 1 heterocycles. The summed E-state index contributed by atoms with van der Waals surface area (Å²) >= 11 is 0. The molecular weight excluding hydrogens is 270 g/mol. The molecule has 8 heteroatoms. The Morgan fingerprint density at radius 2 is 2.21 bits per heavy atom. The van der Waals surface area contributed by atoms with Gasteiger partial charge in [-0.3, -0.25) is 4.79 Å². The van der Waals surface area contributed by atoms with Crippen molar-refractivity contribution in [2.45, 2.75) is 18.9 Å². The molecule has 1 rings (SSSR count). The number of carbonyl (C=O) groups excluding carboxylic acids is 1. The number of likely N-dealkylation sites (tertiary alicyclic amines) is 1. The third-order valence-corrected chi connectivity index (χ3v) is 3.68. The van der Waals surface area contributed by atoms with Crippen molar-refractivity contribution in [2.75, 3.05) is 46.2 Å². The number of rotatable bonds is 7. The fraction of sp³-hybridized carbons (Fsp3) is 0.909. The van der Waals surface area contributed by atoms with Gasteiger partial charge in [0.25, 0.3) is 0 Å². The van der Waals surface area contributed by atoms with Gasteiger partial charge in [-0.05, 0) is 12.8 Å². The topological polar surface area (TPSA) is 87.7 Å². The van der Waals surface area contributed by atoms with Gasteiger partial charge in [-0.15, -0.1) is 0 Å². The molecule has 2 N–H and O–H groups in total. The summed E-state index contributed by atoms with van der Waals surface area (Å²) in [5.41, 5.74) is 0. The van der Waals surface area contributed by atoms with Gasteiger partial charge in [0.2, 0.25) is 15.9 Å². The Kier molecular flexibility index (Phi) is 6.70. The van der Waals surface area contributed by atoms with E-state index in [1.807, 2.05) is 0 Å². The molecule has 0 saturated carbocycles. The quantitative estimate of drug-likeness (QED) is 0.574. The minimum absolute atomic E-state index is 0.00361. The Balaban J connectivity index is 2.35. The number of hydrogen-bond donors (Lipinski definition) is 2. The second kappa shape index (κ2) is 7.78. The average Bonchev–Trinajstić information content (AvgIpc) is 2.32. The summed E-state index contributed by atoms with van der Waals surface area (Å²) < 4.78 is 29.8. The monoisotopic (exact) mass is 293 g/mol. The van der Waals surface area contributed by atoms with Crippen LogP contribution < -0.4 is 10.0 Å².